The van der Waals surface area contributed by atoms with Crippen LogP contribution in [0.1, 0.15) is 11.1 Å². The van der Waals surface area contributed by atoms with Crippen molar-refractivity contribution in [1.82, 2.24) is 0 Å². The van der Waals surface area contributed by atoms with E-state index in [1.165, 1.54) is 11.1 Å². The first-order chi connectivity index (χ1) is 7.22. The zero-order chi connectivity index (χ0) is 10.8. The number of rotatable bonds is 2. The molecule has 3 heteroatoms. The monoisotopic (exact) mass is 237 g/mol. The van der Waals surface area contributed by atoms with Gasteiger partial charge >= 0.3 is 0 Å². The molecule has 2 rings (SSSR count). The third-order valence-corrected chi connectivity index (χ3v) is 3.71. The van der Waals surface area contributed by atoms with Crippen molar-refractivity contribution < 1.29 is 0 Å². The molecule has 2 aromatic rings. The van der Waals surface area contributed by atoms with Crippen LogP contribution in [0.4, 0.5) is 0 Å². The van der Waals surface area contributed by atoms with Crippen LogP contribution in [0.2, 0.25) is 4.34 Å². The van der Waals surface area contributed by atoms with Crippen molar-refractivity contribution in [1.29, 1.82) is 0 Å². The van der Waals surface area contributed by atoms with Crippen LogP contribution in [0, 0.1) is 6.92 Å². The second-order valence-electron chi connectivity index (χ2n) is 3.47. The molecule has 0 radical (unpaired) electrons. The molecule has 78 valence electrons. The molecule has 0 spiro atoms. The van der Waals surface area contributed by atoms with E-state index < -0.39 is 0 Å². The number of hydrogen-bond donors (Lipinski definition) is 1. The third kappa shape index (κ3) is 2.07. The number of thiophene rings is 1. The molecule has 0 fully saturated rings. The molecular weight excluding hydrogens is 226 g/mol. The maximum Gasteiger partial charge on any atom is 0.0979 e. The van der Waals surface area contributed by atoms with Crippen LogP contribution in [0.5, 0.6) is 0 Å². The average molecular weight is 238 g/mol. The lowest BCUT2D eigenvalue weighted by molar-refractivity contribution is 1.08. The molecule has 0 aliphatic rings. The van der Waals surface area contributed by atoms with Gasteiger partial charge < -0.3 is 5.73 Å². The molecule has 0 saturated heterocycles. The van der Waals surface area contributed by atoms with Crippen LogP contribution in [0.15, 0.2) is 29.6 Å². The Morgan fingerprint density at radius 3 is 2.53 bits per heavy atom. The van der Waals surface area contributed by atoms with Crippen LogP contribution in [-0.2, 0) is 6.54 Å². The summed E-state index contributed by atoms with van der Waals surface area (Å²) in [6.07, 6.45) is 0. The molecule has 0 saturated carbocycles. The average Bonchev–Trinajstić information content (AvgIpc) is 2.61. The van der Waals surface area contributed by atoms with Gasteiger partial charge in [-0.15, -0.1) is 11.3 Å². The fraction of sp³-hybridized carbons (Fsp3) is 0.167. The van der Waals surface area contributed by atoms with E-state index >= 15 is 0 Å². The van der Waals surface area contributed by atoms with Crippen molar-refractivity contribution in [2.24, 2.45) is 5.73 Å². The molecular formula is C12H12ClNS. The minimum Gasteiger partial charge on any atom is -0.326 e. The minimum atomic E-state index is 0.492. The summed E-state index contributed by atoms with van der Waals surface area (Å²) in [5.41, 5.74) is 10.3. The highest BCUT2D eigenvalue weighted by molar-refractivity contribution is 7.15. The highest BCUT2D eigenvalue weighted by Gasteiger charge is 2.09. The van der Waals surface area contributed by atoms with Crippen molar-refractivity contribution in [3.8, 4) is 11.1 Å². The van der Waals surface area contributed by atoms with Crippen molar-refractivity contribution in [3.63, 3.8) is 0 Å². The summed E-state index contributed by atoms with van der Waals surface area (Å²) in [7, 11) is 0. The van der Waals surface area contributed by atoms with Gasteiger partial charge in [-0.1, -0.05) is 41.4 Å². The number of aryl methyl sites for hydroxylation is 1. The van der Waals surface area contributed by atoms with E-state index in [9.17, 15) is 0 Å². The summed E-state index contributed by atoms with van der Waals surface area (Å²) in [5, 5.41) is 2.06. The van der Waals surface area contributed by atoms with E-state index in [-0.39, 0.29) is 0 Å². The van der Waals surface area contributed by atoms with Gasteiger partial charge in [0.15, 0.2) is 0 Å². The zero-order valence-electron chi connectivity index (χ0n) is 8.46. The molecule has 0 aliphatic carbocycles. The molecule has 1 heterocycles. The largest absolute Gasteiger partial charge is 0.326 e. The molecule has 2 N–H and O–H groups in total. The van der Waals surface area contributed by atoms with Gasteiger partial charge in [-0.2, -0.15) is 0 Å². The van der Waals surface area contributed by atoms with Gasteiger partial charge in [0.25, 0.3) is 0 Å². The summed E-state index contributed by atoms with van der Waals surface area (Å²) < 4.78 is 0.799. The first-order valence-corrected chi connectivity index (χ1v) is 6.01. The van der Waals surface area contributed by atoms with Gasteiger partial charge in [0.05, 0.1) is 4.34 Å². The highest BCUT2D eigenvalue weighted by atomic mass is 35.5. The Morgan fingerprint density at radius 1 is 1.27 bits per heavy atom. The van der Waals surface area contributed by atoms with Crippen molar-refractivity contribution in [2.45, 2.75) is 13.5 Å². The molecule has 0 atom stereocenters. The maximum absolute atomic E-state index is 6.06. The third-order valence-electron chi connectivity index (χ3n) is 2.41. The Morgan fingerprint density at radius 2 is 1.93 bits per heavy atom. The fourth-order valence-corrected chi connectivity index (χ4v) is 2.67. The van der Waals surface area contributed by atoms with Crippen molar-refractivity contribution in [2.75, 3.05) is 0 Å². The Kier molecular flexibility index (Phi) is 3.10. The van der Waals surface area contributed by atoms with Crippen molar-refractivity contribution in [3.05, 3.63) is 45.1 Å². The van der Waals surface area contributed by atoms with E-state index in [0.29, 0.717) is 6.54 Å². The molecule has 1 aromatic carbocycles. The van der Waals surface area contributed by atoms with Crippen LogP contribution in [0.25, 0.3) is 11.1 Å². The number of benzene rings is 1. The predicted molar refractivity (Wildman–Crippen MR) is 67.4 cm³/mol. The Hall–Kier alpha value is -0.830. The fourth-order valence-electron chi connectivity index (χ4n) is 1.52. The number of nitrogens with two attached hydrogens (primary N) is 1. The smallest absolute Gasteiger partial charge is 0.0979 e. The first-order valence-electron chi connectivity index (χ1n) is 4.75. The molecule has 0 amide bonds. The number of hydrogen-bond acceptors (Lipinski definition) is 2. The van der Waals surface area contributed by atoms with Gasteiger partial charge in [0.1, 0.15) is 0 Å². The van der Waals surface area contributed by atoms with Gasteiger partial charge in [0, 0.05) is 17.5 Å². The maximum atomic E-state index is 6.06. The second-order valence-corrected chi connectivity index (χ2v) is 4.95. The lowest BCUT2D eigenvalue weighted by Gasteiger charge is -2.03. The topological polar surface area (TPSA) is 26.0 Å². The van der Waals surface area contributed by atoms with Gasteiger partial charge in [0.2, 0.25) is 0 Å². The van der Waals surface area contributed by atoms with E-state index in [4.69, 9.17) is 17.3 Å². The molecule has 1 nitrogen and oxygen atoms in total. The summed E-state index contributed by atoms with van der Waals surface area (Å²) in [4.78, 5) is 0. The molecule has 0 unspecified atom stereocenters. The van der Waals surface area contributed by atoms with Crippen LogP contribution in [-0.4, -0.2) is 0 Å². The van der Waals surface area contributed by atoms with Gasteiger partial charge in [-0.3, -0.25) is 0 Å². The summed E-state index contributed by atoms with van der Waals surface area (Å²) in [6.45, 7) is 2.57. The van der Waals surface area contributed by atoms with Gasteiger partial charge in [-0.05, 0) is 18.1 Å². The van der Waals surface area contributed by atoms with Crippen LogP contribution >= 0.6 is 22.9 Å². The Balaban J connectivity index is 2.49. The first kappa shape index (κ1) is 10.7. The van der Waals surface area contributed by atoms with E-state index in [1.807, 2.05) is 0 Å². The summed E-state index contributed by atoms with van der Waals surface area (Å²) >= 11 is 7.60. The Bertz CT molecular complexity index is 459. The van der Waals surface area contributed by atoms with E-state index in [0.717, 1.165) is 15.5 Å². The lowest BCUT2D eigenvalue weighted by atomic mass is 10.0. The van der Waals surface area contributed by atoms with E-state index in [1.54, 1.807) is 11.3 Å². The van der Waals surface area contributed by atoms with Crippen LogP contribution < -0.4 is 5.73 Å². The summed E-state index contributed by atoms with van der Waals surface area (Å²) in [5.74, 6) is 0. The lowest BCUT2D eigenvalue weighted by Crippen LogP contribution is -1.96. The normalized spacial score (nSPS) is 10.6. The molecule has 0 aliphatic heterocycles. The highest BCUT2D eigenvalue weighted by Crippen LogP contribution is 2.34. The molecule has 1 aromatic heterocycles. The zero-order valence-corrected chi connectivity index (χ0v) is 10.0. The van der Waals surface area contributed by atoms with Crippen molar-refractivity contribution >= 4 is 22.9 Å². The van der Waals surface area contributed by atoms with Crippen LogP contribution in [0.3, 0.4) is 0 Å². The molecule has 0 bridgehead atoms. The van der Waals surface area contributed by atoms with E-state index in [2.05, 4.69) is 36.6 Å². The SMILES string of the molecule is Cc1ccc(-c2csc(Cl)c2CN)cc1. The predicted octanol–water partition coefficient (Wildman–Crippen LogP) is 3.84. The Labute approximate surface area is 98.5 Å². The summed E-state index contributed by atoms with van der Waals surface area (Å²) in [6, 6.07) is 8.40. The second kappa shape index (κ2) is 4.35. The number of halogens is 1. The molecule has 15 heavy (non-hydrogen) atoms. The minimum absolute atomic E-state index is 0.492. The van der Waals surface area contributed by atoms with Gasteiger partial charge in [-0.25, -0.2) is 0 Å². The standard InChI is InChI=1S/C12H12ClNS/c1-8-2-4-9(5-3-8)11-7-15-12(13)10(11)6-14/h2-5,7H,6,14H2,1H3. The quantitative estimate of drug-likeness (QED) is 0.844.